The number of nitrogens with two attached hydrogens (primary N) is 2. The van der Waals surface area contributed by atoms with E-state index >= 15 is 0 Å². The number of likely N-dealkylation sites (tertiary alicyclic amines) is 1. The maximum absolute atomic E-state index is 12.7. The summed E-state index contributed by atoms with van der Waals surface area (Å²) in [5.74, 6) is 0.259. The van der Waals surface area contributed by atoms with Gasteiger partial charge in [-0.3, -0.25) is 18.8 Å². The van der Waals surface area contributed by atoms with Crippen LogP contribution in [-0.4, -0.2) is 55.2 Å². The molecule has 0 atom stereocenters. The third kappa shape index (κ3) is 5.38. The fraction of sp³-hybridized carbons (Fsp3) is 0.310. The second-order valence-electron chi connectivity index (χ2n) is 9.83. The molecule has 2 aromatic carbocycles. The van der Waals surface area contributed by atoms with E-state index in [0.717, 1.165) is 48.4 Å². The fourth-order valence-corrected chi connectivity index (χ4v) is 5.04. The molecule has 0 radical (unpaired) electrons. The Bertz CT molecular complexity index is 1430. The summed E-state index contributed by atoms with van der Waals surface area (Å²) < 4.78 is 3.71. The van der Waals surface area contributed by atoms with E-state index in [0.29, 0.717) is 36.2 Å². The lowest BCUT2D eigenvalue weighted by molar-refractivity contribution is -0.132. The fourth-order valence-electron chi connectivity index (χ4n) is 5.04. The topological polar surface area (TPSA) is 125 Å². The summed E-state index contributed by atoms with van der Waals surface area (Å²) in [7, 11) is 1.85. The van der Waals surface area contributed by atoms with Crippen LogP contribution < -0.4 is 11.5 Å². The number of carbonyl (C=O) groups excluding carboxylic acids is 2. The van der Waals surface area contributed by atoms with Crippen LogP contribution in [-0.2, 0) is 18.3 Å². The maximum atomic E-state index is 12.7. The summed E-state index contributed by atoms with van der Waals surface area (Å²) in [6, 6.07) is 15.6. The van der Waals surface area contributed by atoms with Crippen molar-refractivity contribution in [1.29, 1.82) is 0 Å². The van der Waals surface area contributed by atoms with E-state index < -0.39 is 5.91 Å². The molecule has 1 aliphatic heterocycles. The highest BCUT2D eigenvalue weighted by Gasteiger charge is 2.23. The number of hydrogen-bond acceptors (Lipinski definition) is 5. The molecular formula is C29H33N7O2. The van der Waals surface area contributed by atoms with Crippen molar-refractivity contribution >= 4 is 11.8 Å². The molecule has 1 aliphatic rings. The van der Waals surface area contributed by atoms with Crippen LogP contribution in [0.15, 0.2) is 67.1 Å². The molecule has 9 heteroatoms. The molecule has 0 bridgehead atoms. The van der Waals surface area contributed by atoms with Crippen LogP contribution in [0.2, 0.25) is 0 Å². The third-order valence-electron chi connectivity index (χ3n) is 7.08. The summed E-state index contributed by atoms with van der Waals surface area (Å²) in [4.78, 5) is 32.2. The van der Waals surface area contributed by atoms with Gasteiger partial charge in [-0.1, -0.05) is 30.3 Å². The van der Waals surface area contributed by atoms with E-state index in [2.05, 4.69) is 5.10 Å². The molecule has 38 heavy (non-hydrogen) atoms. The Morgan fingerprint density at radius 2 is 1.79 bits per heavy atom. The molecule has 1 saturated heterocycles. The van der Waals surface area contributed by atoms with E-state index in [1.807, 2.05) is 71.4 Å². The average molecular weight is 512 g/mol. The number of aromatic nitrogens is 4. The first kappa shape index (κ1) is 25.4. The van der Waals surface area contributed by atoms with Crippen molar-refractivity contribution in [1.82, 2.24) is 24.2 Å². The van der Waals surface area contributed by atoms with E-state index in [-0.39, 0.29) is 11.9 Å². The number of nitrogens with zero attached hydrogens (tertiary/aromatic N) is 5. The maximum Gasteiger partial charge on any atom is 0.249 e. The van der Waals surface area contributed by atoms with Gasteiger partial charge in [0.05, 0.1) is 17.5 Å². The standard InChI is InChI=1S/C29H33N7O2/c1-34-18-20(17-32-34)24-10-6-11-25(28(31)38)27(24)29-33-22(19-36(29)23-8-3-2-4-9-23)7-5-12-26(37)35-15-13-21(30)14-16-35/h2-4,6,8-11,17-19,21H,5,7,12-16,30H2,1H3,(H2,31,38). The minimum absolute atomic E-state index is 0.164. The highest BCUT2D eigenvalue weighted by atomic mass is 16.2. The van der Waals surface area contributed by atoms with Gasteiger partial charge in [-0.2, -0.15) is 5.10 Å². The van der Waals surface area contributed by atoms with Crippen molar-refractivity contribution in [3.8, 4) is 28.2 Å². The van der Waals surface area contributed by atoms with Crippen molar-refractivity contribution in [2.24, 2.45) is 18.5 Å². The average Bonchev–Trinajstić information content (AvgIpc) is 3.55. The van der Waals surface area contributed by atoms with Gasteiger partial charge in [0, 0.05) is 61.8 Å². The van der Waals surface area contributed by atoms with E-state index in [4.69, 9.17) is 16.5 Å². The molecule has 196 valence electrons. The van der Waals surface area contributed by atoms with Crippen LogP contribution in [0.25, 0.3) is 28.2 Å². The number of amides is 2. The second-order valence-corrected chi connectivity index (χ2v) is 9.83. The summed E-state index contributed by atoms with van der Waals surface area (Å²) in [6.07, 6.45) is 9.14. The molecule has 2 amide bonds. The van der Waals surface area contributed by atoms with E-state index in [9.17, 15) is 9.59 Å². The summed E-state index contributed by atoms with van der Waals surface area (Å²) in [6.45, 7) is 1.46. The monoisotopic (exact) mass is 511 g/mol. The Hall–Kier alpha value is -4.24. The smallest absolute Gasteiger partial charge is 0.249 e. The summed E-state index contributed by atoms with van der Waals surface area (Å²) in [5, 5.41) is 4.32. The van der Waals surface area contributed by atoms with Crippen molar-refractivity contribution in [3.05, 3.63) is 78.4 Å². The Morgan fingerprint density at radius 1 is 1.03 bits per heavy atom. The van der Waals surface area contributed by atoms with Gasteiger partial charge in [0.15, 0.2) is 0 Å². The van der Waals surface area contributed by atoms with Gasteiger partial charge in [-0.25, -0.2) is 4.98 Å². The van der Waals surface area contributed by atoms with Crippen LogP contribution in [0.1, 0.15) is 41.7 Å². The number of piperidine rings is 1. The summed E-state index contributed by atoms with van der Waals surface area (Å²) in [5.41, 5.74) is 16.3. The molecule has 4 N–H and O–H groups in total. The van der Waals surface area contributed by atoms with Gasteiger partial charge in [0.2, 0.25) is 11.8 Å². The van der Waals surface area contributed by atoms with Crippen LogP contribution in [0, 0.1) is 0 Å². The van der Waals surface area contributed by atoms with E-state index in [1.165, 1.54) is 0 Å². The molecule has 9 nitrogen and oxygen atoms in total. The minimum atomic E-state index is -0.526. The number of hydrogen-bond donors (Lipinski definition) is 2. The molecule has 0 saturated carbocycles. The molecular weight excluding hydrogens is 478 g/mol. The zero-order valence-electron chi connectivity index (χ0n) is 21.6. The van der Waals surface area contributed by atoms with Gasteiger partial charge in [0.1, 0.15) is 5.82 Å². The predicted octanol–water partition coefficient (Wildman–Crippen LogP) is 3.31. The second kappa shape index (κ2) is 11.0. The quantitative estimate of drug-likeness (QED) is 0.375. The van der Waals surface area contributed by atoms with Gasteiger partial charge >= 0.3 is 0 Å². The largest absolute Gasteiger partial charge is 0.366 e. The molecule has 1 fully saturated rings. The predicted molar refractivity (Wildman–Crippen MR) is 146 cm³/mol. The Kier molecular flexibility index (Phi) is 7.37. The lowest BCUT2D eigenvalue weighted by atomic mass is 9.96. The van der Waals surface area contributed by atoms with Crippen molar-refractivity contribution in [2.45, 2.75) is 38.1 Å². The molecule has 2 aromatic heterocycles. The first-order valence-corrected chi connectivity index (χ1v) is 13.0. The van der Waals surface area contributed by atoms with Crippen molar-refractivity contribution in [3.63, 3.8) is 0 Å². The third-order valence-corrected chi connectivity index (χ3v) is 7.08. The summed E-state index contributed by atoms with van der Waals surface area (Å²) >= 11 is 0. The number of aryl methyl sites for hydroxylation is 2. The highest BCUT2D eigenvalue weighted by Crippen LogP contribution is 2.36. The normalized spacial score (nSPS) is 14.1. The van der Waals surface area contributed by atoms with E-state index in [1.54, 1.807) is 16.9 Å². The zero-order chi connectivity index (χ0) is 26.6. The molecule has 5 rings (SSSR count). The Balaban J connectivity index is 1.49. The van der Waals surface area contributed by atoms with Gasteiger partial charge in [-0.15, -0.1) is 0 Å². The zero-order valence-corrected chi connectivity index (χ0v) is 21.6. The molecule has 0 aliphatic carbocycles. The van der Waals surface area contributed by atoms with Gasteiger partial charge < -0.3 is 16.4 Å². The van der Waals surface area contributed by atoms with Crippen LogP contribution in [0.5, 0.6) is 0 Å². The molecule has 4 aromatic rings. The highest BCUT2D eigenvalue weighted by molar-refractivity contribution is 6.03. The molecule has 0 spiro atoms. The van der Waals surface area contributed by atoms with Crippen LogP contribution >= 0.6 is 0 Å². The molecule has 0 unspecified atom stereocenters. The Morgan fingerprint density at radius 3 is 2.47 bits per heavy atom. The number of primary amides is 1. The first-order valence-electron chi connectivity index (χ1n) is 13.0. The number of imidazole rings is 1. The van der Waals surface area contributed by atoms with Crippen LogP contribution in [0.4, 0.5) is 0 Å². The SMILES string of the molecule is Cn1cc(-c2cccc(C(N)=O)c2-c2nc(CCCC(=O)N3CCC(N)CC3)cn2-c2ccccc2)cn1. The Labute approximate surface area is 222 Å². The lowest BCUT2D eigenvalue weighted by Gasteiger charge is -2.30. The van der Waals surface area contributed by atoms with Crippen molar-refractivity contribution < 1.29 is 9.59 Å². The van der Waals surface area contributed by atoms with Crippen molar-refractivity contribution in [2.75, 3.05) is 13.1 Å². The first-order chi connectivity index (χ1) is 18.4. The van der Waals surface area contributed by atoms with Crippen LogP contribution in [0.3, 0.4) is 0 Å². The lowest BCUT2D eigenvalue weighted by Crippen LogP contribution is -2.42. The van der Waals surface area contributed by atoms with Gasteiger partial charge in [0.25, 0.3) is 0 Å². The number of carbonyl (C=O) groups is 2. The minimum Gasteiger partial charge on any atom is -0.366 e. The number of benzene rings is 2. The number of para-hydroxylation sites is 1. The number of rotatable bonds is 8. The molecule has 3 heterocycles. The van der Waals surface area contributed by atoms with Gasteiger partial charge in [-0.05, 0) is 49.4 Å².